The quantitative estimate of drug-likeness (QED) is 0.817. The summed E-state index contributed by atoms with van der Waals surface area (Å²) < 4.78 is 5.17. The van der Waals surface area contributed by atoms with Crippen LogP contribution in [0.1, 0.15) is 19.3 Å². The van der Waals surface area contributed by atoms with Crippen molar-refractivity contribution in [2.45, 2.75) is 25.3 Å². The normalized spacial score (nSPS) is 17.9. The van der Waals surface area contributed by atoms with Gasteiger partial charge in [-0.15, -0.1) is 11.6 Å². The molecule has 1 unspecified atom stereocenters. The van der Waals surface area contributed by atoms with Gasteiger partial charge in [0.1, 0.15) is 5.75 Å². The molecule has 1 aromatic carbocycles. The van der Waals surface area contributed by atoms with Crippen LogP contribution in [0.4, 0.5) is 5.69 Å². The maximum Gasteiger partial charge on any atom is 0.229 e. The fourth-order valence-corrected chi connectivity index (χ4v) is 2.49. The zero-order valence-electron chi connectivity index (χ0n) is 12.0. The van der Waals surface area contributed by atoms with E-state index in [0.717, 1.165) is 5.69 Å². The molecule has 1 fully saturated rings. The number of alkyl halides is 1. The highest BCUT2D eigenvalue weighted by atomic mass is 35.5. The minimum atomic E-state index is -0.147. The molecular weight excluding hydrogens is 292 g/mol. The van der Waals surface area contributed by atoms with Crippen molar-refractivity contribution in [2.24, 2.45) is 0 Å². The number of anilines is 1. The molecule has 1 N–H and O–H groups in total. The van der Waals surface area contributed by atoms with E-state index >= 15 is 0 Å². The minimum Gasteiger partial charge on any atom is -0.497 e. The number of amides is 2. The Kier molecular flexibility index (Phi) is 5.44. The molecule has 2 amide bonds. The smallest absolute Gasteiger partial charge is 0.229 e. The predicted octanol–water partition coefficient (Wildman–Crippen LogP) is 1.94. The number of nitrogens with one attached hydrogen (secondary N) is 1. The summed E-state index contributed by atoms with van der Waals surface area (Å²) in [6.45, 7) is 0.485. The second-order valence-electron chi connectivity index (χ2n) is 4.97. The van der Waals surface area contributed by atoms with Crippen molar-refractivity contribution in [3.8, 4) is 5.75 Å². The molecule has 5 nitrogen and oxygen atoms in total. The fraction of sp³-hybridized carbons (Fsp3) is 0.467. The van der Waals surface area contributed by atoms with Gasteiger partial charge in [-0.25, -0.2) is 0 Å². The number of ether oxygens (including phenoxy) is 1. The van der Waals surface area contributed by atoms with Gasteiger partial charge in [-0.05, 0) is 18.6 Å². The molecule has 0 saturated carbocycles. The first-order valence-corrected chi connectivity index (χ1v) is 7.47. The molecule has 0 radical (unpaired) electrons. The van der Waals surface area contributed by atoms with Crippen molar-refractivity contribution < 1.29 is 14.3 Å². The Morgan fingerprint density at radius 2 is 2.33 bits per heavy atom. The number of nitrogens with zero attached hydrogens (tertiary/aromatic N) is 1. The van der Waals surface area contributed by atoms with Crippen molar-refractivity contribution in [1.82, 2.24) is 5.32 Å². The number of methoxy groups -OCH3 is 1. The van der Waals surface area contributed by atoms with Crippen LogP contribution in [0.25, 0.3) is 0 Å². The summed E-state index contributed by atoms with van der Waals surface area (Å²) in [4.78, 5) is 25.5. The summed E-state index contributed by atoms with van der Waals surface area (Å²) in [7, 11) is 1.59. The van der Waals surface area contributed by atoms with Gasteiger partial charge in [0.2, 0.25) is 11.8 Å². The van der Waals surface area contributed by atoms with Crippen molar-refractivity contribution in [3.63, 3.8) is 0 Å². The minimum absolute atomic E-state index is 0.00546. The van der Waals surface area contributed by atoms with Gasteiger partial charge in [0.25, 0.3) is 0 Å². The van der Waals surface area contributed by atoms with Crippen LogP contribution in [0.5, 0.6) is 5.75 Å². The van der Waals surface area contributed by atoms with Crippen LogP contribution in [-0.4, -0.2) is 37.4 Å². The third kappa shape index (κ3) is 4.11. The highest BCUT2D eigenvalue weighted by molar-refractivity contribution is 6.17. The standard InChI is InChI=1S/C15H19ClN2O3/c1-21-13-5-2-4-12(9-13)18-10-11(8-15(18)20)17-14(19)6-3-7-16/h2,4-5,9,11H,3,6-8,10H2,1H3,(H,17,19). The number of benzene rings is 1. The number of rotatable bonds is 6. The van der Waals surface area contributed by atoms with E-state index in [9.17, 15) is 9.59 Å². The molecule has 6 heteroatoms. The molecule has 0 aromatic heterocycles. The van der Waals surface area contributed by atoms with E-state index in [1.807, 2.05) is 24.3 Å². The average Bonchev–Trinajstić information content (AvgIpc) is 2.85. The van der Waals surface area contributed by atoms with E-state index in [1.54, 1.807) is 12.0 Å². The molecule has 1 heterocycles. The molecule has 1 aromatic rings. The molecule has 1 aliphatic rings. The van der Waals surface area contributed by atoms with Gasteiger partial charge in [0.15, 0.2) is 0 Å². The molecule has 1 aliphatic heterocycles. The van der Waals surface area contributed by atoms with Crippen molar-refractivity contribution in [2.75, 3.05) is 24.4 Å². The lowest BCUT2D eigenvalue weighted by Gasteiger charge is -2.18. The van der Waals surface area contributed by atoms with Crippen molar-refractivity contribution in [3.05, 3.63) is 24.3 Å². The molecule has 1 saturated heterocycles. The monoisotopic (exact) mass is 310 g/mol. The summed E-state index contributed by atoms with van der Waals surface area (Å²) in [5, 5.41) is 2.88. The Bertz CT molecular complexity index is 521. The van der Waals surface area contributed by atoms with E-state index in [0.29, 0.717) is 37.4 Å². The number of hydrogen-bond acceptors (Lipinski definition) is 3. The summed E-state index contributed by atoms with van der Waals surface area (Å²) in [6, 6.07) is 7.20. The molecule has 2 rings (SSSR count). The highest BCUT2D eigenvalue weighted by Crippen LogP contribution is 2.25. The van der Waals surface area contributed by atoms with E-state index in [1.165, 1.54) is 0 Å². The highest BCUT2D eigenvalue weighted by Gasteiger charge is 2.31. The first-order valence-electron chi connectivity index (χ1n) is 6.93. The van der Waals surface area contributed by atoms with Crippen molar-refractivity contribution >= 4 is 29.1 Å². The molecule has 0 bridgehead atoms. The van der Waals surface area contributed by atoms with Crippen LogP contribution < -0.4 is 15.0 Å². The Hall–Kier alpha value is -1.75. The summed E-state index contributed by atoms with van der Waals surface area (Å²) in [6.07, 6.45) is 1.37. The van der Waals surface area contributed by atoms with Gasteiger partial charge >= 0.3 is 0 Å². The number of hydrogen-bond donors (Lipinski definition) is 1. The predicted molar refractivity (Wildman–Crippen MR) is 81.8 cm³/mol. The number of halogens is 1. The average molecular weight is 311 g/mol. The Labute approximate surface area is 129 Å². The lowest BCUT2D eigenvalue weighted by molar-refractivity contribution is -0.121. The topological polar surface area (TPSA) is 58.6 Å². The lowest BCUT2D eigenvalue weighted by atomic mass is 10.2. The van der Waals surface area contributed by atoms with Crippen LogP contribution in [0.3, 0.4) is 0 Å². The Morgan fingerprint density at radius 3 is 3.05 bits per heavy atom. The molecule has 0 spiro atoms. The number of carbonyl (C=O) groups is 2. The summed E-state index contributed by atoms with van der Waals surface area (Å²) in [5.41, 5.74) is 0.789. The second-order valence-corrected chi connectivity index (χ2v) is 5.34. The molecule has 1 atom stereocenters. The van der Waals surface area contributed by atoms with Gasteiger partial charge in [-0.2, -0.15) is 0 Å². The zero-order chi connectivity index (χ0) is 15.2. The first-order chi connectivity index (χ1) is 10.1. The van der Waals surface area contributed by atoms with Crippen molar-refractivity contribution in [1.29, 1.82) is 0 Å². The van der Waals surface area contributed by atoms with Gasteiger partial charge in [-0.3, -0.25) is 9.59 Å². The maximum absolute atomic E-state index is 12.1. The fourth-order valence-electron chi connectivity index (χ4n) is 2.36. The van der Waals surface area contributed by atoms with Crippen LogP contribution in [0.2, 0.25) is 0 Å². The van der Waals surface area contributed by atoms with Crippen LogP contribution in [0, 0.1) is 0 Å². The third-order valence-corrected chi connectivity index (χ3v) is 3.66. The van der Waals surface area contributed by atoms with Crippen LogP contribution in [0.15, 0.2) is 24.3 Å². The molecule has 114 valence electrons. The molecule has 21 heavy (non-hydrogen) atoms. The van der Waals surface area contributed by atoms with Gasteiger partial charge in [0, 0.05) is 37.0 Å². The molecule has 0 aliphatic carbocycles. The summed E-state index contributed by atoms with van der Waals surface area (Å²) in [5.74, 6) is 1.12. The van der Waals surface area contributed by atoms with Crippen LogP contribution in [-0.2, 0) is 9.59 Å². The van der Waals surface area contributed by atoms with Gasteiger partial charge in [-0.1, -0.05) is 6.07 Å². The first kappa shape index (κ1) is 15.6. The lowest BCUT2D eigenvalue weighted by Crippen LogP contribution is -2.37. The van der Waals surface area contributed by atoms with E-state index < -0.39 is 0 Å². The van der Waals surface area contributed by atoms with Gasteiger partial charge < -0.3 is 15.0 Å². The second kappa shape index (κ2) is 7.31. The largest absolute Gasteiger partial charge is 0.497 e. The zero-order valence-corrected chi connectivity index (χ0v) is 12.7. The third-order valence-electron chi connectivity index (χ3n) is 3.39. The van der Waals surface area contributed by atoms with E-state index in [2.05, 4.69) is 5.32 Å². The SMILES string of the molecule is COc1cccc(N2CC(NC(=O)CCCCl)CC2=O)c1. The Balaban J connectivity index is 1.97. The number of carbonyl (C=O) groups excluding carboxylic acids is 2. The Morgan fingerprint density at radius 1 is 1.52 bits per heavy atom. The van der Waals surface area contributed by atoms with Gasteiger partial charge in [0.05, 0.1) is 13.2 Å². The van der Waals surface area contributed by atoms with E-state index in [-0.39, 0.29) is 17.9 Å². The van der Waals surface area contributed by atoms with Crippen LogP contribution >= 0.6 is 11.6 Å². The molecular formula is C15H19ClN2O3. The maximum atomic E-state index is 12.1. The summed E-state index contributed by atoms with van der Waals surface area (Å²) >= 11 is 5.56. The van der Waals surface area contributed by atoms with E-state index in [4.69, 9.17) is 16.3 Å².